The van der Waals surface area contributed by atoms with E-state index in [1.54, 1.807) is 0 Å². The third-order valence-electron chi connectivity index (χ3n) is 4.30. The predicted molar refractivity (Wildman–Crippen MR) is 91.9 cm³/mol. The maximum atomic E-state index is 8.50. The molecule has 2 aromatic heterocycles. The van der Waals surface area contributed by atoms with E-state index < -0.39 is 0 Å². The molecule has 0 amide bonds. The summed E-state index contributed by atoms with van der Waals surface area (Å²) in [4.78, 5) is 4.79. The zero-order valence-electron chi connectivity index (χ0n) is 14.9. The van der Waals surface area contributed by atoms with Gasteiger partial charge in [-0.15, -0.1) is 0 Å². The normalized spacial score (nSPS) is 12.0. The van der Waals surface area contributed by atoms with Crippen LogP contribution in [0.4, 0.5) is 0 Å². The number of aryl methyl sites for hydroxylation is 1. The quantitative estimate of drug-likeness (QED) is 0.637. The van der Waals surface area contributed by atoms with Crippen molar-refractivity contribution in [2.75, 3.05) is 0 Å². The van der Waals surface area contributed by atoms with E-state index in [1.165, 1.54) is 11.1 Å². The molecule has 0 radical (unpaired) electrons. The summed E-state index contributed by atoms with van der Waals surface area (Å²) < 4.78 is 10.6. The topological polar surface area (TPSA) is 16.8 Å². The van der Waals surface area contributed by atoms with E-state index in [0.29, 0.717) is 12.0 Å². The van der Waals surface area contributed by atoms with Gasteiger partial charge >= 0.3 is 0 Å². The first-order valence-electron chi connectivity index (χ1n) is 8.27. The Morgan fingerprint density at radius 2 is 1.82 bits per heavy atom. The first kappa shape index (κ1) is 13.4. The lowest BCUT2D eigenvalue weighted by Gasteiger charge is -2.11. The van der Waals surface area contributed by atoms with E-state index in [0.717, 1.165) is 28.0 Å². The van der Waals surface area contributed by atoms with Crippen LogP contribution in [0.2, 0.25) is 0 Å². The minimum Gasteiger partial charge on any atom is -0.252 e. The van der Waals surface area contributed by atoms with Gasteiger partial charge in [-0.3, -0.25) is 4.98 Å². The highest BCUT2D eigenvalue weighted by atomic mass is 14.9. The van der Waals surface area contributed by atoms with Gasteiger partial charge in [-0.2, -0.15) is 4.57 Å². The number of aromatic nitrogens is 2. The molecule has 3 rings (SSSR count). The van der Waals surface area contributed by atoms with E-state index in [-0.39, 0.29) is 0 Å². The van der Waals surface area contributed by atoms with Gasteiger partial charge in [0.1, 0.15) is 7.05 Å². The highest BCUT2D eigenvalue weighted by molar-refractivity contribution is 5.91. The lowest BCUT2D eigenvalue weighted by atomic mass is 9.99. The predicted octanol–water partition coefficient (Wildman–Crippen LogP) is 4.47. The van der Waals surface area contributed by atoms with Crippen molar-refractivity contribution in [1.29, 1.82) is 0 Å². The van der Waals surface area contributed by atoms with Crippen LogP contribution in [0.5, 0.6) is 0 Å². The Labute approximate surface area is 133 Å². The molecule has 1 aromatic carbocycles. The van der Waals surface area contributed by atoms with Crippen molar-refractivity contribution in [2.24, 2.45) is 7.05 Å². The van der Waals surface area contributed by atoms with Crippen LogP contribution >= 0.6 is 0 Å². The van der Waals surface area contributed by atoms with Crippen molar-refractivity contribution in [3.8, 4) is 11.3 Å². The maximum Gasteiger partial charge on any atom is 0.222 e. The van der Waals surface area contributed by atoms with Gasteiger partial charge < -0.3 is 0 Å². The molecule has 0 saturated carbocycles. The molecule has 22 heavy (non-hydrogen) atoms. The van der Waals surface area contributed by atoms with Crippen molar-refractivity contribution < 1.29 is 5.94 Å². The average Bonchev–Trinajstić information content (AvgIpc) is 2.54. The van der Waals surface area contributed by atoms with Gasteiger partial charge in [0, 0.05) is 24.2 Å². The van der Waals surface area contributed by atoms with Crippen molar-refractivity contribution in [3.63, 3.8) is 0 Å². The minimum absolute atomic E-state index is 0.356. The molecule has 2 nitrogen and oxygen atoms in total. The van der Waals surface area contributed by atoms with Crippen molar-refractivity contribution in [1.82, 2.24) is 4.98 Å². The van der Waals surface area contributed by atoms with E-state index in [4.69, 9.17) is 6.35 Å². The molecule has 0 atom stereocenters. The maximum absolute atomic E-state index is 8.50. The SMILES string of the molecule is [2H]c1c(C)[n+](C)c(-c2ccccc2C)c2ccc(C(C)C)nc12. The van der Waals surface area contributed by atoms with Gasteiger partial charge in [-0.25, -0.2) is 0 Å². The molecule has 0 fully saturated rings. The van der Waals surface area contributed by atoms with Gasteiger partial charge in [0.25, 0.3) is 0 Å². The molecular formula is C20H23N2+. The Morgan fingerprint density at radius 3 is 2.50 bits per heavy atom. The number of hydrogen-bond acceptors (Lipinski definition) is 1. The van der Waals surface area contributed by atoms with Gasteiger partial charge in [0.2, 0.25) is 5.69 Å². The van der Waals surface area contributed by atoms with E-state index >= 15 is 0 Å². The molecule has 0 aliphatic carbocycles. The van der Waals surface area contributed by atoms with E-state index in [9.17, 15) is 0 Å². The number of pyridine rings is 2. The molecule has 0 unspecified atom stereocenters. The summed E-state index contributed by atoms with van der Waals surface area (Å²) >= 11 is 0. The fraction of sp³-hybridized carbons (Fsp3) is 0.300. The van der Waals surface area contributed by atoms with Crippen LogP contribution in [0.15, 0.2) is 42.4 Å². The molecule has 0 N–H and O–H groups in total. The molecule has 0 aliphatic rings. The lowest BCUT2D eigenvalue weighted by molar-refractivity contribution is -0.665. The van der Waals surface area contributed by atoms with Crippen LogP contribution in [0.3, 0.4) is 0 Å². The molecule has 2 heteroatoms. The molecular weight excluding hydrogens is 268 g/mol. The number of rotatable bonds is 2. The largest absolute Gasteiger partial charge is 0.252 e. The van der Waals surface area contributed by atoms with Crippen LogP contribution in [0, 0.1) is 13.8 Å². The zero-order valence-corrected chi connectivity index (χ0v) is 13.9. The van der Waals surface area contributed by atoms with Crippen LogP contribution < -0.4 is 4.57 Å². The molecule has 0 spiro atoms. The Hall–Kier alpha value is -2.22. The second-order valence-electron chi connectivity index (χ2n) is 6.22. The first-order valence-corrected chi connectivity index (χ1v) is 7.77. The molecule has 3 aromatic rings. The zero-order chi connectivity index (χ0) is 16.7. The summed E-state index contributed by atoms with van der Waals surface area (Å²) in [7, 11) is 2.03. The fourth-order valence-electron chi connectivity index (χ4n) is 2.85. The van der Waals surface area contributed by atoms with Crippen molar-refractivity contribution >= 4 is 10.9 Å². The van der Waals surface area contributed by atoms with Crippen LogP contribution in [-0.4, -0.2) is 4.98 Å². The fourth-order valence-corrected chi connectivity index (χ4v) is 2.85. The summed E-state index contributed by atoms with van der Waals surface area (Å²) in [6.07, 6.45) is 0. The van der Waals surface area contributed by atoms with Crippen molar-refractivity contribution in [3.05, 3.63) is 59.4 Å². The summed E-state index contributed by atoms with van der Waals surface area (Å²) in [6.45, 7) is 8.39. The molecule has 0 aliphatic heterocycles. The monoisotopic (exact) mass is 292 g/mol. The Balaban J connectivity index is 2.45. The number of hydrogen-bond donors (Lipinski definition) is 0. The smallest absolute Gasteiger partial charge is 0.222 e. The standard InChI is InChI=1S/C20H23N2/c1-13(2)18-11-10-17-19(21-18)12-15(4)22(5)20(17)16-9-7-6-8-14(16)3/h6-13H,1-5H3/q+1/i12D. The van der Waals surface area contributed by atoms with E-state index in [1.807, 2.05) is 14.0 Å². The number of fused-ring (bicyclic) bond motifs is 1. The highest BCUT2D eigenvalue weighted by Crippen LogP contribution is 2.28. The summed E-state index contributed by atoms with van der Waals surface area (Å²) in [5.41, 5.74) is 6.33. The van der Waals surface area contributed by atoms with Gasteiger partial charge in [-0.1, -0.05) is 32.0 Å². The van der Waals surface area contributed by atoms with Gasteiger partial charge in [0.05, 0.1) is 12.3 Å². The summed E-state index contributed by atoms with van der Waals surface area (Å²) in [6, 6.07) is 13.1. The number of benzene rings is 1. The number of nitrogens with zero attached hydrogens (tertiary/aromatic N) is 2. The third kappa shape index (κ3) is 2.39. The average molecular weight is 292 g/mol. The Bertz CT molecular complexity index is 898. The van der Waals surface area contributed by atoms with Gasteiger partial charge in [0.15, 0.2) is 5.69 Å². The van der Waals surface area contributed by atoms with E-state index in [2.05, 4.69) is 61.7 Å². The second-order valence-corrected chi connectivity index (χ2v) is 6.22. The highest BCUT2D eigenvalue weighted by Gasteiger charge is 2.20. The summed E-state index contributed by atoms with van der Waals surface area (Å²) in [5, 5.41) is 1.04. The first-order chi connectivity index (χ1) is 10.9. The third-order valence-corrected chi connectivity index (χ3v) is 4.30. The summed E-state index contributed by atoms with van der Waals surface area (Å²) in [5.74, 6) is 0.356. The van der Waals surface area contributed by atoms with Crippen LogP contribution in [0.1, 0.15) is 38.1 Å². The van der Waals surface area contributed by atoms with Crippen molar-refractivity contribution in [2.45, 2.75) is 33.6 Å². The molecule has 0 bridgehead atoms. The second kappa shape index (κ2) is 5.53. The Kier molecular flexibility index (Phi) is 3.38. The molecule has 112 valence electrons. The lowest BCUT2D eigenvalue weighted by Crippen LogP contribution is -2.35. The Morgan fingerprint density at radius 1 is 1.09 bits per heavy atom. The van der Waals surface area contributed by atoms with Crippen LogP contribution in [0.25, 0.3) is 22.2 Å². The molecule has 0 saturated heterocycles. The van der Waals surface area contributed by atoms with Crippen LogP contribution in [-0.2, 0) is 7.05 Å². The molecule has 2 heterocycles. The minimum atomic E-state index is 0.356. The van der Waals surface area contributed by atoms with Gasteiger partial charge in [-0.05, 0) is 36.6 Å².